The lowest BCUT2D eigenvalue weighted by atomic mass is 10.1. The van der Waals surface area contributed by atoms with Gasteiger partial charge in [0.25, 0.3) is 0 Å². The number of rotatable bonds is 4. The second-order valence-electron chi connectivity index (χ2n) is 4.39. The van der Waals surface area contributed by atoms with Crippen LogP contribution in [0.15, 0.2) is 24.3 Å². The minimum Gasteiger partial charge on any atom is -0.392 e. The van der Waals surface area contributed by atoms with Gasteiger partial charge in [-0.1, -0.05) is 24.3 Å². The number of aliphatic hydroxyl groups excluding tert-OH is 1. The SMILES string of the molecule is CC1(NCc2ccc(CO)cc2)CC1. The van der Waals surface area contributed by atoms with Gasteiger partial charge in [-0.3, -0.25) is 0 Å². The Bertz CT molecular complexity index is 301. The lowest BCUT2D eigenvalue weighted by molar-refractivity contribution is 0.282. The van der Waals surface area contributed by atoms with E-state index in [1.165, 1.54) is 18.4 Å². The van der Waals surface area contributed by atoms with E-state index >= 15 is 0 Å². The Kier molecular flexibility index (Phi) is 2.57. The highest BCUT2D eigenvalue weighted by Gasteiger charge is 2.36. The smallest absolute Gasteiger partial charge is 0.0681 e. The molecule has 2 heteroatoms. The molecule has 0 atom stereocenters. The van der Waals surface area contributed by atoms with Crippen LogP contribution < -0.4 is 5.32 Å². The van der Waals surface area contributed by atoms with Crippen LogP contribution in [0.1, 0.15) is 30.9 Å². The molecule has 1 aliphatic carbocycles. The van der Waals surface area contributed by atoms with E-state index < -0.39 is 0 Å². The van der Waals surface area contributed by atoms with Crippen LogP contribution in [0.25, 0.3) is 0 Å². The molecular formula is C12H17NO. The molecule has 1 saturated carbocycles. The Morgan fingerprint density at radius 2 is 1.79 bits per heavy atom. The van der Waals surface area contributed by atoms with Gasteiger partial charge in [0.1, 0.15) is 0 Å². The largest absolute Gasteiger partial charge is 0.392 e. The molecule has 0 aromatic heterocycles. The summed E-state index contributed by atoms with van der Waals surface area (Å²) in [6.07, 6.45) is 2.59. The zero-order valence-corrected chi connectivity index (χ0v) is 8.59. The first-order valence-corrected chi connectivity index (χ1v) is 5.16. The molecule has 2 rings (SSSR count). The zero-order valence-electron chi connectivity index (χ0n) is 8.59. The van der Waals surface area contributed by atoms with Crippen LogP contribution in [0.2, 0.25) is 0 Å². The van der Waals surface area contributed by atoms with Gasteiger partial charge in [-0.25, -0.2) is 0 Å². The molecule has 76 valence electrons. The Morgan fingerprint density at radius 1 is 1.21 bits per heavy atom. The van der Waals surface area contributed by atoms with Crippen LogP contribution in [-0.2, 0) is 13.2 Å². The van der Waals surface area contributed by atoms with Crippen molar-refractivity contribution in [2.75, 3.05) is 0 Å². The van der Waals surface area contributed by atoms with Crippen LogP contribution in [0.4, 0.5) is 0 Å². The fourth-order valence-corrected chi connectivity index (χ4v) is 1.44. The summed E-state index contributed by atoms with van der Waals surface area (Å²) in [7, 11) is 0. The predicted molar refractivity (Wildman–Crippen MR) is 56.8 cm³/mol. The fraction of sp³-hybridized carbons (Fsp3) is 0.500. The first-order chi connectivity index (χ1) is 6.72. The van der Waals surface area contributed by atoms with Crippen molar-refractivity contribution in [2.24, 2.45) is 0 Å². The monoisotopic (exact) mass is 191 g/mol. The number of hydrogen-bond donors (Lipinski definition) is 2. The average molecular weight is 191 g/mol. The molecule has 1 aliphatic rings. The maximum Gasteiger partial charge on any atom is 0.0681 e. The van der Waals surface area contributed by atoms with Crippen molar-refractivity contribution in [3.8, 4) is 0 Å². The molecule has 1 aromatic carbocycles. The summed E-state index contributed by atoms with van der Waals surface area (Å²) in [5, 5.41) is 12.4. The second kappa shape index (κ2) is 3.71. The molecule has 2 nitrogen and oxygen atoms in total. The Balaban J connectivity index is 1.89. The van der Waals surface area contributed by atoms with E-state index in [0.717, 1.165) is 12.1 Å². The topological polar surface area (TPSA) is 32.3 Å². The van der Waals surface area contributed by atoms with Crippen molar-refractivity contribution >= 4 is 0 Å². The summed E-state index contributed by atoms with van der Waals surface area (Å²) in [4.78, 5) is 0. The van der Waals surface area contributed by atoms with E-state index in [4.69, 9.17) is 5.11 Å². The van der Waals surface area contributed by atoms with Gasteiger partial charge >= 0.3 is 0 Å². The molecule has 14 heavy (non-hydrogen) atoms. The molecule has 2 N–H and O–H groups in total. The molecule has 0 amide bonds. The van der Waals surface area contributed by atoms with Gasteiger partial charge in [0.05, 0.1) is 6.61 Å². The van der Waals surface area contributed by atoms with E-state index in [-0.39, 0.29) is 6.61 Å². The first-order valence-electron chi connectivity index (χ1n) is 5.16. The summed E-state index contributed by atoms with van der Waals surface area (Å²) in [6, 6.07) is 8.10. The number of hydrogen-bond acceptors (Lipinski definition) is 2. The van der Waals surface area contributed by atoms with Crippen molar-refractivity contribution in [1.29, 1.82) is 0 Å². The predicted octanol–water partition coefficient (Wildman–Crippen LogP) is 1.82. The lowest BCUT2D eigenvalue weighted by Crippen LogP contribution is -2.26. The lowest BCUT2D eigenvalue weighted by Gasteiger charge is -2.11. The molecular weight excluding hydrogens is 174 g/mol. The van der Waals surface area contributed by atoms with E-state index in [1.807, 2.05) is 12.1 Å². The average Bonchev–Trinajstić information content (AvgIpc) is 2.95. The molecule has 0 aliphatic heterocycles. The van der Waals surface area contributed by atoms with E-state index in [9.17, 15) is 0 Å². The van der Waals surface area contributed by atoms with E-state index in [1.54, 1.807) is 0 Å². The van der Waals surface area contributed by atoms with Gasteiger partial charge in [0.2, 0.25) is 0 Å². The van der Waals surface area contributed by atoms with Crippen LogP contribution in [0.3, 0.4) is 0 Å². The Hall–Kier alpha value is -0.860. The van der Waals surface area contributed by atoms with Gasteiger partial charge in [0, 0.05) is 12.1 Å². The quantitative estimate of drug-likeness (QED) is 0.761. The molecule has 0 heterocycles. The molecule has 1 fully saturated rings. The van der Waals surface area contributed by atoms with Crippen molar-refractivity contribution < 1.29 is 5.11 Å². The van der Waals surface area contributed by atoms with Gasteiger partial charge in [0.15, 0.2) is 0 Å². The maximum absolute atomic E-state index is 8.88. The normalized spacial score (nSPS) is 18.1. The van der Waals surface area contributed by atoms with Gasteiger partial charge < -0.3 is 10.4 Å². The maximum atomic E-state index is 8.88. The Morgan fingerprint density at radius 3 is 2.29 bits per heavy atom. The highest BCUT2D eigenvalue weighted by molar-refractivity contribution is 5.22. The summed E-state index contributed by atoms with van der Waals surface area (Å²) >= 11 is 0. The number of aliphatic hydroxyl groups is 1. The van der Waals surface area contributed by atoms with Crippen LogP contribution >= 0.6 is 0 Å². The van der Waals surface area contributed by atoms with Crippen molar-refractivity contribution in [1.82, 2.24) is 5.32 Å². The van der Waals surface area contributed by atoms with Gasteiger partial charge in [-0.05, 0) is 30.9 Å². The minimum absolute atomic E-state index is 0.130. The summed E-state index contributed by atoms with van der Waals surface area (Å²) < 4.78 is 0. The molecule has 0 bridgehead atoms. The third-order valence-electron chi connectivity index (χ3n) is 2.92. The van der Waals surface area contributed by atoms with Crippen molar-refractivity contribution in [2.45, 2.75) is 38.5 Å². The number of benzene rings is 1. The summed E-state index contributed by atoms with van der Waals surface area (Å²) in [6.45, 7) is 3.32. The molecule has 0 saturated heterocycles. The number of nitrogens with one attached hydrogen (secondary N) is 1. The van der Waals surface area contributed by atoms with Crippen LogP contribution in [0, 0.1) is 0 Å². The van der Waals surface area contributed by atoms with Crippen LogP contribution in [0.5, 0.6) is 0 Å². The minimum atomic E-state index is 0.130. The Labute approximate surface area is 85.0 Å². The van der Waals surface area contributed by atoms with Crippen molar-refractivity contribution in [3.63, 3.8) is 0 Å². The summed E-state index contributed by atoms with van der Waals surface area (Å²) in [5.74, 6) is 0. The molecule has 0 unspecified atom stereocenters. The third kappa shape index (κ3) is 2.34. The van der Waals surface area contributed by atoms with Crippen molar-refractivity contribution in [3.05, 3.63) is 35.4 Å². The molecule has 0 radical (unpaired) electrons. The fourth-order valence-electron chi connectivity index (χ4n) is 1.44. The highest BCUT2D eigenvalue weighted by atomic mass is 16.3. The molecule has 1 aromatic rings. The van der Waals surface area contributed by atoms with E-state index in [0.29, 0.717) is 5.54 Å². The third-order valence-corrected chi connectivity index (χ3v) is 2.92. The first kappa shape index (κ1) is 9.69. The second-order valence-corrected chi connectivity index (χ2v) is 4.39. The molecule has 0 spiro atoms. The summed E-state index contributed by atoms with van der Waals surface area (Å²) in [5.41, 5.74) is 2.66. The van der Waals surface area contributed by atoms with Crippen LogP contribution in [-0.4, -0.2) is 10.6 Å². The van der Waals surface area contributed by atoms with E-state index in [2.05, 4.69) is 24.4 Å². The van der Waals surface area contributed by atoms with Gasteiger partial charge in [-0.2, -0.15) is 0 Å². The standard InChI is InChI=1S/C12H17NO/c1-12(6-7-12)13-8-10-2-4-11(9-14)5-3-10/h2-5,13-14H,6-9H2,1H3. The highest BCUT2D eigenvalue weighted by Crippen LogP contribution is 2.34. The zero-order chi connectivity index (χ0) is 10.0. The van der Waals surface area contributed by atoms with Gasteiger partial charge in [-0.15, -0.1) is 0 Å².